The number of aryl methyl sites for hydroxylation is 1. The maximum atomic E-state index is 13.7. The van der Waals surface area contributed by atoms with E-state index >= 15 is 0 Å². The van der Waals surface area contributed by atoms with Gasteiger partial charge in [-0.1, -0.05) is 37.1 Å². The van der Waals surface area contributed by atoms with E-state index in [1.807, 2.05) is 13.0 Å². The van der Waals surface area contributed by atoms with Crippen LogP contribution in [0.4, 0.5) is 0 Å². The van der Waals surface area contributed by atoms with Crippen molar-refractivity contribution < 1.29 is 18.0 Å². The molecule has 1 amide bonds. The van der Waals surface area contributed by atoms with E-state index in [1.54, 1.807) is 24.3 Å². The van der Waals surface area contributed by atoms with Crippen molar-refractivity contribution in [2.75, 3.05) is 0 Å². The summed E-state index contributed by atoms with van der Waals surface area (Å²) in [6, 6.07) is 6.85. The molecule has 0 radical (unpaired) electrons. The van der Waals surface area contributed by atoms with Crippen molar-refractivity contribution in [3.63, 3.8) is 0 Å². The minimum atomic E-state index is -3.83. The molecule has 5 rings (SSSR count). The Bertz CT molecular complexity index is 1200. The number of sulfone groups is 1. The molecule has 0 aromatic heterocycles. The lowest BCUT2D eigenvalue weighted by Gasteiger charge is -2.57. The van der Waals surface area contributed by atoms with Crippen molar-refractivity contribution in [3.8, 4) is 0 Å². The largest absolute Gasteiger partial charge is 0.319 e. The van der Waals surface area contributed by atoms with E-state index in [-0.39, 0.29) is 26.5 Å². The third-order valence-corrected chi connectivity index (χ3v) is 11.6. The minimum absolute atomic E-state index is 0.0858. The van der Waals surface area contributed by atoms with Crippen LogP contribution < -0.4 is 5.32 Å². The molecule has 4 aliphatic rings. The number of ketones is 1. The number of nitrogens with one attached hydrogen (secondary N) is 1. The van der Waals surface area contributed by atoms with Crippen LogP contribution in [0.25, 0.3) is 0 Å². The number of carbonyl (C=O) groups is 2. The summed E-state index contributed by atoms with van der Waals surface area (Å²) in [7, 11) is -3.83. The molecule has 182 valence electrons. The number of hydrogen-bond donors (Lipinski definition) is 1. The SMILES string of the molecule is Cc1ccc(S(=O)(=O)C(NC=O)=C2CC[C@H]3[C@@H]4CCC5=CC(=O)CC[C@]5(C)[C@H]4CC[C@]23C)cc1. The van der Waals surface area contributed by atoms with E-state index in [0.29, 0.717) is 37.0 Å². The topological polar surface area (TPSA) is 80.3 Å². The zero-order chi connectivity index (χ0) is 24.3. The summed E-state index contributed by atoms with van der Waals surface area (Å²) in [5.41, 5.74) is 3.07. The molecule has 5 nitrogen and oxygen atoms in total. The van der Waals surface area contributed by atoms with E-state index in [0.717, 1.165) is 49.7 Å². The summed E-state index contributed by atoms with van der Waals surface area (Å²) in [6.07, 6.45) is 9.63. The zero-order valence-electron chi connectivity index (χ0n) is 20.4. The predicted octanol–water partition coefficient (Wildman–Crippen LogP) is 5.26. The smallest absolute Gasteiger partial charge is 0.221 e. The molecule has 1 aromatic rings. The third kappa shape index (κ3) is 3.43. The Morgan fingerprint density at radius 2 is 1.68 bits per heavy atom. The molecule has 0 aliphatic heterocycles. The molecule has 1 N–H and O–H groups in total. The van der Waals surface area contributed by atoms with Gasteiger partial charge in [0, 0.05) is 6.42 Å². The second-order valence-corrected chi connectivity index (χ2v) is 13.2. The number of hydrogen-bond acceptors (Lipinski definition) is 4. The van der Waals surface area contributed by atoms with Gasteiger partial charge in [-0.15, -0.1) is 0 Å². The van der Waals surface area contributed by atoms with E-state index in [9.17, 15) is 18.0 Å². The molecule has 0 bridgehead atoms. The Labute approximate surface area is 203 Å². The van der Waals surface area contributed by atoms with E-state index in [4.69, 9.17) is 0 Å². The van der Waals surface area contributed by atoms with Crippen molar-refractivity contribution >= 4 is 22.0 Å². The van der Waals surface area contributed by atoms with Gasteiger partial charge in [-0.25, -0.2) is 8.42 Å². The molecule has 0 heterocycles. The fourth-order valence-electron chi connectivity index (χ4n) is 7.96. The van der Waals surface area contributed by atoms with Crippen LogP contribution in [-0.2, 0) is 19.4 Å². The number of carbonyl (C=O) groups excluding carboxylic acids is 2. The molecule has 6 heteroatoms. The zero-order valence-corrected chi connectivity index (χ0v) is 21.2. The summed E-state index contributed by atoms with van der Waals surface area (Å²) in [5, 5.41) is 2.73. The van der Waals surface area contributed by atoms with Crippen LogP contribution in [0.5, 0.6) is 0 Å². The first-order chi connectivity index (χ1) is 16.1. The second-order valence-electron chi connectivity index (χ2n) is 11.4. The standard InChI is InChI=1S/C28H35NO4S/c1-18-4-7-21(8-5-18)34(32,33)26(29-17-30)25-11-10-23-22-9-6-19-16-20(31)12-14-27(19,2)24(22)13-15-28(23,25)3/h4-5,7-8,16-17,22-24H,6,9-15H2,1-3H3,(H,29,30)/t22-,23-,24-,27-,28-/m0/s1. The molecular formula is C28H35NO4S. The molecular weight excluding hydrogens is 446 g/mol. The highest BCUT2D eigenvalue weighted by atomic mass is 32.2. The van der Waals surface area contributed by atoms with Crippen molar-refractivity contribution in [1.82, 2.24) is 5.32 Å². The number of rotatable bonds is 4. The maximum Gasteiger partial charge on any atom is 0.221 e. The van der Waals surface area contributed by atoms with Crippen molar-refractivity contribution in [2.24, 2.45) is 28.6 Å². The molecule has 0 saturated heterocycles. The number of amides is 1. The van der Waals surface area contributed by atoms with Gasteiger partial charge < -0.3 is 5.32 Å². The van der Waals surface area contributed by atoms with Gasteiger partial charge in [0.2, 0.25) is 16.2 Å². The van der Waals surface area contributed by atoms with Crippen molar-refractivity contribution in [2.45, 2.75) is 77.0 Å². The molecule has 1 aromatic carbocycles. The molecule has 0 unspecified atom stereocenters. The fourth-order valence-corrected chi connectivity index (χ4v) is 9.55. The lowest BCUT2D eigenvalue weighted by molar-refractivity contribution is -0.117. The minimum Gasteiger partial charge on any atom is -0.319 e. The van der Waals surface area contributed by atoms with Crippen LogP contribution in [0.1, 0.15) is 70.8 Å². The average molecular weight is 482 g/mol. The van der Waals surface area contributed by atoms with Crippen LogP contribution in [0.15, 0.2) is 51.4 Å². The lowest BCUT2D eigenvalue weighted by Crippen LogP contribution is -2.49. The second kappa shape index (κ2) is 8.18. The van der Waals surface area contributed by atoms with Crippen LogP contribution >= 0.6 is 0 Å². The fraction of sp³-hybridized carbons (Fsp3) is 0.571. The molecule has 4 aliphatic carbocycles. The van der Waals surface area contributed by atoms with Gasteiger partial charge in [0.05, 0.1) is 4.90 Å². The molecule has 34 heavy (non-hydrogen) atoms. The molecule has 0 spiro atoms. The van der Waals surface area contributed by atoms with Gasteiger partial charge >= 0.3 is 0 Å². The Balaban J connectivity index is 1.54. The van der Waals surface area contributed by atoms with Crippen LogP contribution in [0.2, 0.25) is 0 Å². The Morgan fingerprint density at radius 3 is 2.38 bits per heavy atom. The third-order valence-electron chi connectivity index (χ3n) is 9.81. The van der Waals surface area contributed by atoms with Crippen molar-refractivity contribution in [3.05, 3.63) is 52.1 Å². The van der Waals surface area contributed by atoms with Gasteiger partial charge in [0.25, 0.3) is 0 Å². The van der Waals surface area contributed by atoms with Gasteiger partial charge in [0.15, 0.2) is 5.78 Å². The van der Waals surface area contributed by atoms with Gasteiger partial charge in [-0.3, -0.25) is 9.59 Å². The summed E-state index contributed by atoms with van der Waals surface area (Å²) in [5.74, 6) is 1.72. The van der Waals surface area contributed by atoms with E-state index in [1.165, 1.54) is 5.57 Å². The average Bonchev–Trinajstić information content (AvgIpc) is 3.15. The normalized spacial score (nSPS) is 36.6. The van der Waals surface area contributed by atoms with Crippen LogP contribution in [0, 0.1) is 35.5 Å². The summed E-state index contributed by atoms with van der Waals surface area (Å²) < 4.78 is 27.3. The first kappa shape index (κ1) is 23.5. The highest BCUT2D eigenvalue weighted by Crippen LogP contribution is 2.67. The van der Waals surface area contributed by atoms with Crippen LogP contribution in [-0.4, -0.2) is 20.6 Å². The Kier molecular flexibility index (Phi) is 5.66. The monoisotopic (exact) mass is 481 g/mol. The quantitative estimate of drug-likeness (QED) is 0.595. The highest BCUT2D eigenvalue weighted by Gasteiger charge is 2.58. The Morgan fingerprint density at radius 1 is 0.971 bits per heavy atom. The first-order valence-corrected chi connectivity index (χ1v) is 14.1. The number of allylic oxidation sites excluding steroid dienone is 2. The molecule has 3 saturated carbocycles. The maximum absolute atomic E-state index is 13.7. The van der Waals surface area contributed by atoms with Gasteiger partial charge in [0.1, 0.15) is 5.03 Å². The molecule has 5 atom stereocenters. The first-order valence-electron chi connectivity index (χ1n) is 12.6. The summed E-state index contributed by atoms with van der Waals surface area (Å²) >= 11 is 0. The van der Waals surface area contributed by atoms with Crippen LogP contribution in [0.3, 0.4) is 0 Å². The van der Waals surface area contributed by atoms with Crippen molar-refractivity contribution in [1.29, 1.82) is 0 Å². The predicted molar refractivity (Wildman–Crippen MR) is 131 cm³/mol. The van der Waals surface area contributed by atoms with Gasteiger partial charge in [-0.05, 0) is 104 Å². The van der Waals surface area contributed by atoms with E-state index < -0.39 is 9.84 Å². The van der Waals surface area contributed by atoms with E-state index in [2.05, 4.69) is 19.2 Å². The lowest BCUT2D eigenvalue weighted by atomic mass is 9.47. The summed E-state index contributed by atoms with van der Waals surface area (Å²) in [6.45, 7) is 6.51. The summed E-state index contributed by atoms with van der Waals surface area (Å²) in [4.78, 5) is 23.9. The van der Waals surface area contributed by atoms with Gasteiger partial charge in [-0.2, -0.15) is 0 Å². The number of fused-ring (bicyclic) bond motifs is 5. The molecule has 3 fully saturated rings. The number of benzene rings is 1. The highest BCUT2D eigenvalue weighted by molar-refractivity contribution is 7.95. The Hall–Kier alpha value is -2.21.